The van der Waals surface area contributed by atoms with E-state index >= 15 is 0 Å². The average Bonchev–Trinajstić information content (AvgIpc) is 2.27. The second kappa shape index (κ2) is 3.54. The van der Waals surface area contributed by atoms with Gasteiger partial charge in [0.25, 0.3) is 0 Å². The number of carbonyl (C=O) groups is 1. The van der Waals surface area contributed by atoms with Crippen molar-refractivity contribution < 1.29 is 9.90 Å². The van der Waals surface area contributed by atoms with Crippen LogP contribution >= 0.6 is 0 Å². The topological polar surface area (TPSA) is 40.5 Å². The molecule has 2 fully saturated rings. The largest absolute Gasteiger partial charge is 0.481 e. The fourth-order valence-electron chi connectivity index (χ4n) is 2.65. The number of hydrogen-bond acceptors (Lipinski definition) is 2. The molecule has 14 heavy (non-hydrogen) atoms. The van der Waals surface area contributed by atoms with E-state index in [-0.39, 0.29) is 5.92 Å². The van der Waals surface area contributed by atoms with Gasteiger partial charge >= 0.3 is 5.97 Å². The standard InChI is InChI=1S/C11H19NO2/c1-7-5-12(6-8(7)2)10-4-3-9(10)11(13)14/h7-10H,3-6H2,1-2H3,(H,13,14). The molecule has 0 spiro atoms. The molecule has 0 radical (unpaired) electrons. The predicted molar refractivity (Wildman–Crippen MR) is 54.0 cm³/mol. The highest BCUT2D eigenvalue weighted by atomic mass is 16.4. The zero-order chi connectivity index (χ0) is 10.3. The van der Waals surface area contributed by atoms with Crippen LogP contribution in [0.2, 0.25) is 0 Å². The van der Waals surface area contributed by atoms with E-state index in [2.05, 4.69) is 18.7 Å². The van der Waals surface area contributed by atoms with Crippen molar-refractivity contribution in [3.8, 4) is 0 Å². The van der Waals surface area contributed by atoms with Gasteiger partial charge in [0.2, 0.25) is 0 Å². The SMILES string of the molecule is CC1CN(C2CCC2C(=O)O)CC1C. The number of nitrogens with zero attached hydrogens (tertiary/aromatic N) is 1. The molecule has 4 atom stereocenters. The molecule has 80 valence electrons. The van der Waals surface area contributed by atoms with Gasteiger partial charge in [-0.15, -0.1) is 0 Å². The van der Waals surface area contributed by atoms with Gasteiger partial charge < -0.3 is 5.11 Å². The number of likely N-dealkylation sites (tertiary alicyclic amines) is 1. The molecule has 1 aliphatic heterocycles. The van der Waals surface area contributed by atoms with Crippen molar-refractivity contribution in [3.05, 3.63) is 0 Å². The second-order valence-electron chi connectivity index (χ2n) is 5.00. The Morgan fingerprint density at radius 3 is 2.14 bits per heavy atom. The minimum atomic E-state index is -0.603. The summed E-state index contributed by atoms with van der Waals surface area (Å²) in [4.78, 5) is 13.3. The molecule has 1 aliphatic carbocycles. The predicted octanol–water partition coefficient (Wildman–Crippen LogP) is 1.44. The summed E-state index contributed by atoms with van der Waals surface area (Å²) in [5, 5.41) is 8.97. The van der Waals surface area contributed by atoms with Crippen LogP contribution in [0.15, 0.2) is 0 Å². The fourth-order valence-corrected chi connectivity index (χ4v) is 2.65. The summed E-state index contributed by atoms with van der Waals surface area (Å²) in [5.41, 5.74) is 0. The van der Waals surface area contributed by atoms with E-state index in [0.717, 1.165) is 37.8 Å². The first-order chi connectivity index (χ1) is 6.59. The molecule has 4 unspecified atom stereocenters. The molecule has 1 N–H and O–H groups in total. The third-order valence-corrected chi connectivity index (χ3v) is 4.04. The van der Waals surface area contributed by atoms with Crippen molar-refractivity contribution in [2.24, 2.45) is 17.8 Å². The van der Waals surface area contributed by atoms with Gasteiger partial charge in [0.1, 0.15) is 0 Å². The smallest absolute Gasteiger partial charge is 0.308 e. The van der Waals surface area contributed by atoms with Crippen LogP contribution in [0.1, 0.15) is 26.7 Å². The van der Waals surface area contributed by atoms with E-state index in [0.29, 0.717) is 6.04 Å². The van der Waals surface area contributed by atoms with Crippen LogP contribution in [-0.4, -0.2) is 35.1 Å². The quantitative estimate of drug-likeness (QED) is 0.728. The van der Waals surface area contributed by atoms with Crippen LogP contribution < -0.4 is 0 Å². The molecule has 1 heterocycles. The van der Waals surface area contributed by atoms with Gasteiger partial charge in [-0.3, -0.25) is 9.69 Å². The summed E-state index contributed by atoms with van der Waals surface area (Å²) < 4.78 is 0. The molecular weight excluding hydrogens is 178 g/mol. The minimum Gasteiger partial charge on any atom is -0.481 e. The lowest BCUT2D eigenvalue weighted by Gasteiger charge is -2.40. The van der Waals surface area contributed by atoms with Crippen LogP contribution in [0.4, 0.5) is 0 Å². The van der Waals surface area contributed by atoms with E-state index in [1.807, 2.05) is 0 Å². The summed E-state index contributed by atoms with van der Waals surface area (Å²) in [6, 6.07) is 0.333. The fraction of sp³-hybridized carbons (Fsp3) is 0.909. The molecule has 2 aliphatic rings. The Bertz CT molecular complexity index is 231. The van der Waals surface area contributed by atoms with E-state index in [1.165, 1.54) is 0 Å². The summed E-state index contributed by atoms with van der Waals surface area (Å²) in [7, 11) is 0. The molecule has 0 amide bonds. The van der Waals surface area contributed by atoms with Crippen molar-refractivity contribution in [1.82, 2.24) is 4.90 Å². The highest BCUT2D eigenvalue weighted by Gasteiger charge is 2.43. The van der Waals surface area contributed by atoms with Crippen molar-refractivity contribution in [1.29, 1.82) is 0 Å². The molecule has 1 saturated carbocycles. The normalized spacial score (nSPS) is 43.6. The third kappa shape index (κ3) is 1.54. The lowest BCUT2D eigenvalue weighted by Crippen LogP contribution is -2.49. The molecule has 2 rings (SSSR count). The molecule has 1 saturated heterocycles. The first-order valence-corrected chi connectivity index (χ1v) is 5.56. The molecule has 3 heteroatoms. The van der Waals surface area contributed by atoms with Crippen LogP contribution in [0.5, 0.6) is 0 Å². The van der Waals surface area contributed by atoms with Crippen molar-refractivity contribution in [2.45, 2.75) is 32.7 Å². The van der Waals surface area contributed by atoms with E-state index in [9.17, 15) is 4.79 Å². The third-order valence-electron chi connectivity index (χ3n) is 4.04. The van der Waals surface area contributed by atoms with Gasteiger partial charge in [-0.25, -0.2) is 0 Å². The molecule has 0 aromatic heterocycles. The maximum absolute atomic E-state index is 10.9. The van der Waals surface area contributed by atoms with Gasteiger partial charge in [0.05, 0.1) is 5.92 Å². The monoisotopic (exact) mass is 197 g/mol. The Kier molecular flexibility index (Phi) is 2.52. The number of rotatable bonds is 2. The number of carboxylic acids is 1. The molecule has 0 bridgehead atoms. The summed E-state index contributed by atoms with van der Waals surface area (Å²) >= 11 is 0. The first kappa shape index (κ1) is 9.97. The maximum atomic E-state index is 10.9. The molecular formula is C11H19NO2. The van der Waals surface area contributed by atoms with E-state index in [4.69, 9.17) is 5.11 Å². The van der Waals surface area contributed by atoms with Crippen LogP contribution in [0.25, 0.3) is 0 Å². The summed E-state index contributed by atoms with van der Waals surface area (Å²) in [6.45, 7) is 6.71. The highest BCUT2D eigenvalue weighted by molar-refractivity contribution is 5.72. The Morgan fingerprint density at radius 1 is 1.21 bits per heavy atom. The van der Waals surface area contributed by atoms with Crippen LogP contribution in [0, 0.1) is 17.8 Å². The average molecular weight is 197 g/mol. The first-order valence-electron chi connectivity index (χ1n) is 5.56. The van der Waals surface area contributed by atoms with Crippen molar-refractivity contribution >= 4 is 5.97 Å². The number of carboxylic acid groups (broad SMARTS) is 1. The number of aliphatic carboxylic acids is 1. The lowest BCUT2D eigenvalue weighted by molar-refractivity contribution is -0.148. The molecule has 0 aromatic carbocycles. The Labute approximate surface area is 85.1 Å². The maximum Gasteiger partial charge on any atom is 0.308 e. The lowest BCUT2D eigenvalue weighted by atomic mass is 9.78. The van der Waals surface area contributed by atoms with Gasteiger partial charge in [0.15, 0.2) is 0 Å². The zero-order valence-corrected chi connectivity index (χ0v) is 8.94. The molecule has 3 nitrogen and oxygen atoms in total. The van der Waals surface area contributed by atoms with E-state index < -0.39 is 5.97 Å². The summed E-state index contributed by atoms with van der Waals surface area (Å²) in [5.74, 6) is 0.760. The minimum absolute atomic E-state index is 0.0903. The van der Waals surface area contributed by atoms with Crippen molar-refractivity contribution in [2.75, 3.05) is 13.1 Å². The Morgan fingerprint density at radius 2 is 1.79 bits per heavy atom. The van der Waals surface area contributed by atoms with Gasteiger partial charge in [-0.1, -0.05) is 13.8 Å². The van der Waals surface area contributed by atoms with Gasteiger partial charge in [-0.05, 0) is 24.7 Å². The van der Waals surface area contributed by atoms with Gasteiger partial charge in [-0.2, -0.15) is 0 Å². The zero-order valence-electron chi connectivity index (χ0n) is 8.94. The summed E-state index contributed by atoms with van der Waals surface area (Å²) in [6.07, 6.45) is 1.95. The highest BCUT2D eigenvalue weighted by Crippen LogP contribution is 2.36. The van der Waals surface area contributed by atoms with Gasteiger partial charge in [0, 0.05) is 19.1 Å². The number of hydrogen-bond donors (Lipinski definition) is 1. The van der Waals surface area contributed by atoms with Crippen molar-refractivity contribution in [3.63, 3.8) is 0 Å². The van der Waals surface area contributed by atoms with E-state index in [1.54, 1.807) is 0 Å². The molecule has 0 aromatic rings. The van der Waals surface area contributed by atoms with Crippen LogP contribution in [0.3, 0.4) is 0 Å². The van der Waals surface area contributed by atoms with Crippen LogP contribution in [-0.2, 0) is 4.79 Å². The Hall–Kier alpha value is -0.570. The Balaban J connectivity index is 1.94. The second-order valence-corrected chi connectivity index (χ2v) is 5.00.